The number of nitrogens with zero attached hydrogens (tertiary/aromatic N) is 1. The van der Waals surface area contributed by atoms with Crippen LogP contribution in [0.25, 0.3) is 0 Å². The minimum Gasteiger partial charge on any atom is -0.493 e. The highest BCUT2D eigenvalue weighted by atomic mass is 35.5. The molecule has 0 radical (unpaired) electrons. The largest absolute Gasteiger partial charge is 0.493 e. The molecule has 0 saturated carbocycles. The quantitative estimate of drug-likeness (QED) is 0.698. The Morgan fingerprint density at radius 3 is 2.52 bits per heavy atom. The van der Waals surface area contributed by atoms with E-state index in [1.165, 1.54) is 0 Å². The van der Waals surface area contributed by atoms with E-state index in [1.54, 1.807) is 14.2 Å². The summed E-state index contributed by atoms with van der Waals surface area (Å²) < 4.78 is 11.0. The summed E-state index contributed by atoms with van der Waals surface area (Å²) >= 11 is 6.54. The van der Waals surface area contributed by atoms with Gasteiger partial charge in [0, 0.05) is 18.0 Å². The Bertz CT molecular complexity index is 821. The molecule has 1 atom stereocenters. The van der Waals surface area contributed by atoms with Gasteiger partial charge in [-0.3, -0.25) is 4.79 Å². The molecule has 0 bridgehead atoms. The maximum Gasteiger partial charge on any atom is 0.223 e. The maximum atomic E-state index is 13.0. The molecule has 1 heterocycles. The monoisotopic (exact) mass is 387 g/mol. The van der Waals surface area contributed by atoms with Crippen LogP contribution < -0.4 is 9.47 Å². The van der Waals surface area contributed by atoms with Gasteiger partial charge < -0.3 is 14.4 Å². The molecule has 27 heavy (non-hydrogen) atoms. The Morgan fingerprint density at radius 2 is 1.85 bits per heavy atom. The van der Waals surface area contributed by atoms with Gasteiger partial charge in [0.1, 0.15) is 0 Å². The van der Waals surface area contributed by atoms with Crippen molar-refractivity contribution in [3.8, 4) is 11.5 Å². The van der Waals surface area contributed by atoms with E-state index in [-0.39, 0.29) is 11.9 Å². The molecule has 0 aliphatic carbocycles. The van der Waals surface area contributed by atoms with Crippen LogP contribution in [0.1, 0.15) is 48.9 Å². The first-order valence-corrected chi connectivity index (χ1v) is 9.77. The minimum atomic E-state index is -0.216. The van der Waals surface area contributed by atoms with Gasteiger partial charge in [0.2, 0.25) is 5.91 Å². The lowest BCUT2D eigenvalue weighted by Crippen LogP contribution is -2.40. The zero-order valence-electron chi connectivity index (χ0n) is 16.1. The van der Waals surface area contributed by atoms with Crippen molar-refractivity contribution in [1.82, 2.24) is 4.90 Å². The number of amides is 1. The molecular formula is C22H26ClNO3. The normalized spacial score (nSPS) is 16.0. The molecule has 1 aliphatic rings. The SMILES string of the molecule is CCCCC(=O)N1CCc2cc(OC)c(OC)cc2[C@@H]1c1ccccc1Cl. The summed E-state index contributed by atoms with van der Waals surface area (Å²) in [7, 11) is 3.26. The van der Waals surface area contributed by atoms with E-state index in [2.05, 4.69) is 6.92 Å². The van der Waals surface area contributed by atoms with Gasteiger partial charge in [0.15, 0.2) is 11.5 Å². The number of halogens is 1. The summed E-state index contributed by atoms with van der Waals surface area (Å²) in [6, 6.07) is 11.5. The third kappa shape index (κ3) is 3.91. The Balaban J connectivity index is 2.12. The predicted octanol–water partition coefficient (Wildman–Crippen LogP) is 5.02. The molecule has 0 aromatic heterocycles. The van der Waals surface area contributed by atoms with Crippen molar-refractivity contribution in [3.05, 3.63) is 58.1 Å². The van der Waals surface area contributed by atoms with Crippen LogP contribution in [0, 0.1) is 0 Å². The molecule has 3 rings (SSSR count). The molecule has 144 valence electrons. The zero-order valence-corrected chi connectivity index (χ0v) is 16.9. The number of hydrogen-bond donors (Lipinski definition) is 0. The smallest absolute Gasteiger partial charge is 0.223 e. The van der Waals surface area contributed by atoms with Crippen molar-refractivity contribution >= 4 is 17.5 Å². The fraction of sp³-hybridized carbons (Fsp3) is 0.409. The van der Waals surface area contributed by atoms with Gasteiger partial charge >= 0.3 is 0 Å². The molecule has 0 N–H and O–H groups in total. The number of methoxy groups -OCH3 is 2. The second-order valence-electron chi connectivity index (χ2n) is 6.77. The van der Waals surface area contributed by atoms with Gasteiger partial charge in [-0.15, -0.1) is 0 Å². The van der Waals surface area contributed by atoms with E-state index in [0.717, 1.165) is 36.0 Å². The van der Waals surface area contributed by atoms with Gasteiger partial charge in [-0.1, -0.05) is 43.1 Å². The number of unbranched alkanes of at least 4 members (excludes halogenated alkanes) is 1. The van der Waals surface area contributed by atoms with Crippen molar-refractivity contribution in [2.45, 2.75) is 38.6 Å². The zero-order chi connectivity index (χ0) is 19.4. The number of benzene rings is 2. The Morgan fingerprint density at radius 1 is 1.15 bits per heavy atom. The van der Waals surface area contributed by atoms with Crippen LogP contribution in [0.4, 0.5) is 0 Å². The van der Waals surface area contributed by atoms with Crippen LogP contribution in [-0.2, 0) is 11.2 Å². The van der Waals surface area contributed by atoms with Crippen LogP contribution in [-0.4, -0.2) is 31.6 Å². The fourth-order valence-electron chi connectivity index (χ4n) is 3.72. The van der Waals surface area contributed by atoms with Crippen LogP contribution in [0.5, 0.6) is 11.5 Å². The van der Waals surface area contributed by atoms with Crippen LogP contribution in [0.15, 0.2) is 36.4 Å². The Kier molecular flexibility index (Phi) is 6.27. The van der Waals surface area contributed by atoms with Crippen molar-refractivity contribution in [1.29, 1.82) is 0 Å². The lowest BCUT2D eigenvalue weighted by atomic mass is 9.87. The standard InChI is InChI=1S/C22H26ClNO3/c1-4-5-10-21(25)24-12-11-15-13-19(26-2)20(27-3)14-17(15)22(24)16-8-6-7-9-18(16)23/h6-9,13-14,22H,4-5,10-12H2,1-3H3/t22-/m0/s1. The molecule has 2 aromatic rings. The van der Waals surface area contributed by atoms with E-state index in [0.29, 0.717) is 29.5 Å². The van der Waals surface area contributed by atoms with Crippen molar-refractivity contribution in [3.63, 3.8) is 0 Å². The third-order valence-corrected chi connectivity index (χ3v) is 5.48. The van der Waals surface area contributed by atoms with Crippen molar-refractivity contribution < 1.29 is 14.3 Å². The number of ether oxygens (including phenoxy) is 2. The van der Waals surface area contributed by atoms with Crippen LogP contribution in [0.2, 0.25) is 5.02 Å². The highest BCUT2D eigenvalue weighted by Gasteiger charge is 2.34. The highest BCUT2D eigenvalue weighted by Crippen LogP contribution is 2.42. The summed E-state index contributed by atoms with van der Waals surface area (Å²) in [4.78, 5) is 14.9. The first-order chi connectivity index (χ1) is 13.1. The number of rotatable bonds is 6. The fourth-order valence-corrected chi connectivity index (χ4v) is 3.96. The number of hydrogen-bond acceptors (Lipinski definition) is 3. The lowest BCUT2D eigenvalue weighted by Gasteiger charge is -2.38. The molecule has 0 unspecified atom stereocenters. The first-order valence-electron chi connectivity index (χ1n) is 9.39. The Labute approximate surface area is 166 Å². The van der Waals surface area contributed by atoms with Gasteiger partial charge in [0.05, 0.1) is 20.3 Å². The van der Waals surface area contributed by atoms with E-state index in [1.807, 2.05) is 41.3 Å². The molecular weight excluding hydrogens is 362 g/mol. The molecule has 1 amide bonds. The second-order valence-corrected chi connectivity index (χ2v) is 7.18. The third-order valence-electron chi connectivity index (χ3n) is 5.14. The average molecular weight is 388 g/mol. The molecule has 0 spiro atoms. The number of carbonyl (C=O) groups is 1. The summed E-state index contributed by atoms with van der Waals surface area (Å²) in [6.07, 6.45) is 3.23. The molecule has 0 saturated heterocycles. The summed E-state index contributed by atoms with van der Waals surface area (Å²) in [5.74, 6) is 1.54. The molecule has 1 aliphatic heterocycles. The van der Waals surface area contributed by atoms with Crippen LogP contribution >= 0.6 is 11.6 Å². The molecule has 4 nitrogen and oxygen atoms in total. The van der Waals surface area contributed by atoms with E-state index in [9.17, 15) is 4.79 Å². The maximum absolute atomic E-state index is 13.0. The molecule has 0 fully saturated rings. The predicted molar refractivity (Wildman–Crippen MR) is 108 cm³/mol. The lowest BCUT2D eigenvalue weighted by molar-refractivity contribution is -0.133. The molecule has 2 aromatic carbocycles. The number of carbonyl (C=O) groups excluding carboxylic acids is 1. The second kappa shape index (κ2) is 8.66. The highest BCUT2D eigenvalue weighted by molar-refractivity contribution is 6.31. The van der Waals surface area contributed by atoms with E-state index < -0.39 is 0 Å². The minimum absolute atomic E-state index is 0.169. The summed E-state index contributed by atoms with van der Waals surface area (Å²) in [6.45, 7) is 2.77. The van der Waals surface area contributed by atoms with E-state index >= 15 is 0 Å². The van der Waals surface area contributed by atoms with Gasteiger partial charge in [-0.25, -0.2) is 0 Å². The van der Waals surface area contributed by atoms with Gasteiger partial charge in [-0.2, -0.15) is 0 Å². The average Bonchev–Trinajstić information content (AvgIpc) is 2.70. The van der Waals surface area contributed by atoms with Crippen molar-refractivity contribution in [2.75, 3.05) is 20.8 Å². The first kappa shape index (κ1) is 19.6. The van der Waals surface area contributed by atoms with Gasteiger partial charge in [-0.05, 0) is 47.7 Å². The summed E-state index contributed by atoms with van der Waals surface area (Å²) in [5, 5.41) is 0.665. The topological polar surface area (TPSA) is 38.8 Å². The molecule has 5 heteroatoms. The summed E-state index contributed by atoms with van der Waals surface area (Å²) in [5.41, 5.74) is 3.16. The van der Waals surface area contributed by atoms with Crippen LogP contribution in [0.3, 0.4) is 0 Å². The number of fused-ring (bicyclic) bond motifs is 1. The van der Waals surface area contributed by atoms with Crippen molar-refractivity contribution in [2.24, 2.45) is 0 Å². The van der Waals surface area contributed by atoms with Gasteiger partial charge in [0.25, 0.3) is 0 Å². The Hall–Kier alpha value is -2.20. The van der Waals surface area contributed by atoms with E-state index in [4.69, 9.17) is 21.1 Å².